The summed E-state index contributed by atoms with van der Waals surface area (Å²) in [6.07, 6.45) is -2.22. The number of carbonyl (C=O) groups is 3. The highest BCUT2D eigenvalue weighted by atomic mass is 79.9. The van der Waals surface area contributed by atoms with Crippen LogP contribution >= 0.6 is 27.5 Å². The average Bonchev–Trinajstić information content (AvgIpc) is 2.77. The Labute approximate surface area is 180 Å². The fourth-order valence-electron chi connectivity index (χ4n) is 2.85. The molecule has 29 heavy (non-hydrogen) atoms. The van der Waals surface area contributed by atoms with Gasteiger partial charge in [0, 0.05) is 27.7 Å². The van der Waals surface area contributed by atoms with Gasteiger partial charge >= 0.3 is 11.9 Å². The molecule has 0 saturated heterocycles. The second-order valence-electron chi connectivity index (χ2n) is 6.25. The van der Waals surface area contributed by atoms with Crippen LogP contribution < -0.4 is 4.90 Å². The van der Waals surface area contributed by atoms with Crippen LogP contribution in [0.2, 0.25) is 5.02 Å². The quantitative estimate of drug-likeness (QED) is 0.660. The number of aliphatic imine (C=N–C) groups is 1. The van der Waals surface area contributed by atoms with Crippen molar-refractivity contribution in [3.8, 4) is 0 Å². The van der Waals surface area contributed by atoms with E-state index in [-0.39, 0.29) is 6.42 Å². The molecule has 1 heterocycles. The summed E-state index contributed by atoms with van der Waals surface area (Å²) >= 11 is 9.79. The summed E-state index contributed by atoms with van der Waals surface area (Å²) in [6, 6.07) is 12.3. The number of aliphatic carboxylic acids is 1. The van der Waals surface area contributed by atoms with E-state index in [0.717, 1.165) is 4.47 Å². The Hall–Kier alpha value is -2.71. The molecule has 1 aliphatic rings. The number of hydrogen-bond donors (Lipinski definition) is 1. The van der Waals surface area contributed by atoms with Crippen LogP contribution in [0.4, 0.5) is 5.69 Å². The molecule has 1 atom stereocenters. The third-order valence-electron chi connectivity index (χ3n) is 4.28. The van der Waals surface area contributed by atoms with Crippen LogP contribution in [0.3, 0.4) is 0 Å². The monoisotopic (exact) mass is 478 g/mol. The van der Waals surface area contributed by atoms with Crippen LogP contribution in [-0.2, 0) is 19.1 Å². The Morgan fingerprint density at radius 3 is 2.62 bits per heavy atom. The van der Waals surface area contributed by atoms with E-state index < -0.39 is 30.5 Å². The first kappa shape index (κ1) is 21.0. The van der Waals surface area contributed by atoms with Gasteiger partial charge in [-0.1, -0.05) is 45.7 Å². The molecule has 9 heteroatoms. The fourth-order valence-corrected chi connectivity index (χ4v) is 3.44. The number of benzodiazepines with no additional fused rings is 1. The Kier molecular flexibility index (Phi) is 6.34. The van der Waals surface area contributed by atoms with Crippen molar-refractivity contribution in [2.75, 3.05) is 11.9 Å². The van der Waals surface area contributed by atoms with Gasteiger partial charge in [-0.25, -0.2) is 4.99 Å². The number of ether oxygens (including phenoxy) is 1. The number of hydrogen-bond acceptors (Lipinski definition) is 5. The van der Waals surface area contributed by atoms with E-state index in [4.69, 9.17) is 21.4 Å². The number of benzene rings is 2. The predicted molar refractivity (Wildman–Crippen MR) is 111 cm³/mol. The fraction of sp³-hybridized carbons (Fsp3) is 0.200. The highest BCUT2D eigenvalue weighted by Crippen LogP contribution is 2.32. The number of anilines is 1. The number of likely N-dealkylation sites (N-methyl/N-ethyl adjacent to an activating group) is 1. The minimum Gasteiger partial charge on any atom is -0.481 e. The van der Waals surface area contributed by atoms with Crippen LogP contribution in [0.1, 0.15) is 24.0 Å². The van der Waals surface area contributed by atoms with E-state index in [1.54, 1.807) is 49.5 Å². The largest absolute Gasteiger partial charge is 0.481 e. The summed E-state index contributed by atoms with van der Waals surface area (Å²) in [5.41, 5.74) is 2.16. The highest BCUT2D eigenvalue weighted by molar-refractivity contribution is 9.10. The lowest BCUT2D eigenvalue weighted by Crippen LogP contribution is -2.37. The van der Waals surface area contributed by atoms with Gasteiger partial charge in [-0.3, -0.25) is 14.4 Å². The third-order valence-corrected chi connectivity index (χ3v) is 5.10. The van der Waals surface area contributed by atoms with Crippen molar-refractivity contribution in [2.45, 2.75) is 19.1 Å². The van der Waals surface area contributed by atoms with Crippen molar-refractivity contribution in [3.63, 3.8) is 0 Å². The molecule has 0 aromatic heterocycles. The molecule has 0 saturated carbocycles. The normalized spacial score (nSPS) is 16.0. The maximum atomic E-state index is 12.9. The van der Waals surface area contributed by atoms with E-state index >= 15 is 0 Å². The van der Waals surface area contributed by atoms with Gasteiger partial charge in [-0.05, 0) is 24.3 Å². The number of halogens is 2. The van der Waals surface area contributed by atoms with Crippen molar-refractivity contribution in [3.05, 3.63) is 63.1 Å². The molecule has 2 aromatic carbocycles. The number of amides is 1. The van der Waals surface area contributed by atoms with Crippen LogP contribution in [-0.4, -0.2) is 41.9 Å². The third kappa shape index (κ3) is 4.65. The van der Waals surface area contributed by atoms with E-state index in [2.05, 4.69) is 20.9 Å². The van der Waals surface area contributed by atoms with E-state index in [0.29, 0.717) is 27.5 Å². The molecular formula is C20H16BrClN2O5. The lowest BCUT2D eigenvalue weighted by molar-refractivity contribution is -0.155. The molecule has 0 aliphatic carbocycles. The highest BCUT2D eigenvalue weighted by Gasteiger charge is 2.33. The van der Waals surface area contributed by atoms with Gasteiger partial charge in [-0.15, -0.1) is 0 Å². The topological polar surface area (TPSA) is 96.3 Å². The van der Waals surface area contributed by atoms with Crippen molar-refractivity contribution < 1.29 is 24.2 Å². The van der Waals surface area contributed by atoms with Gasteiger partial charge in [0.2, 0.25) is 0 Å². The number of carboxylic acids is 1. The predicted octanol–water partition coefficient (Wildman–Crippen LogP) is 3.65. The van der Waals surface area contributed by atoms with Crippen molar-refractivity contribution in [1.29, 1.82) is 0 Å². The maximum absolute atomic E-state index is 12.9. The molecule has 1 N–H and O–H groups in total. The van der Waals surface area contributed by atoms with Gasteiger partial charge in [-0.2, -0.15) is 0 Å². The summed E-state index contributed by atoms with van der Waals surface area (Å²) in [4.78, 5) is 41.4. The summed E-state index contributed by atoms with van der Waals surface area (Å²) in [7, 11) is 1.55. The first-order valence-corrected chi connectivity index (χ1v) is 9.76. The summed E-state index contributed by atoms with van der Waals surface area (Å²) in [6.45, 7) is 0. The van der Waals surface area contributed by atoms with Gasteiger partial charge in [0.25, 0.3) is 12.1 Å². The van der Waals surface area contributed by atoms with Gasteiger partial charge < -0.3 is 14.7 Å². The number of nitrogens with zero attached hydrogens (tertiary/aromatic N) is 2. The van der Waals surface area contributed by atoms with Crippen molar-refractivity contribution >= 4 is 56.8 Å². The zero-order valence-electron chi connectivity index (χ0n) is 15.3. The average molecular weight is 480 g/mol. The molecule has 0 spiro atoms. The molecule has 7 nitrogen and oxygen atoms in total. The van der Waals surface area contributed by atoms with E-state index in [9.17, 15) is 14.4 Å². The van der Waals surface area contributed by atoms with Crippen molar-refractivity contribution in [1.82, 2.24) is 0 Å². The van der Waals surface area contributed by atoms with Crippen molar-refractivity contribution in [2.24, 2.45) is 4.99 Å². The maximum Gasteiger partial charge on any atom is 0.308 e. The zero-order chi connectivity index (χ0) is 21.1. The summed E-state index contributed by atoms with van der Waals surface area (Å²) in [5, 5.41) is 9.16. The molecular weight excluding hydrogens is 464 g/mol. The minimum absolute atomic E-state index is 0.363. The Balaban J connectivity index is 2.09. The number of fused-ring (bicyclic) bond motifs is 1. The number of rotatable bonds is 5. The second-order valence-corrected chi connectivity index (χ2v) is 7.58. The summed E-state index contributed by atoms with van der Waals surface area (Å²) in [5.74, 6) is -2.52. The summed E-state index contributed by atoms with van der Waals surface area (Å²) < 4.78 is 5.99. The molecule has 0 fully saturated rings. The van der Waals surface area contributed by atoms with Gasteiger partial charge in [0.1, 0.15) is 0 Å². The second kappa shape index (κ2) is 8.75. The zero-order valence-corrected chi connectivity index (χ0v) is 17.6. The molecule has 1 aliphatic heterocycles. The molecule has 3 rings (SSSR count). The molecule has 0 radical (unpaired) electrons. The van der Waals surface area contributed by atoms with Gasteiger partial charge in [0.05, 0.1) is 24.2 Å². The first-order chi connectivity index (χ1) is 13.8. The van der Waals surface area contributed by atoms with Crippen LogP contribution in [0.25, 0.3) is 0 Å². The van der Waals surface area contributed by atoms with Crippen LogP contribution in [0.15, 0.2) is 51.9 Å². The Morgan fingerprint density at radius 1 is 1.21 bits per heavy atom. The Morgan fingerprint density at radius 2 is 1.93 bits per heavy atom. The Bertz CT molecular complexity index is 1020. The number of carbonyl (C=O) groups excluding carboxylic acids is 2. The number of carboxylic acid groups (broad SMARTS) is 1. The van der Waals surface area contributed by atoms with Crippen LogP contribution in [0, 0.1) is 0 Å². The smallest absolute Gasteiger partial charge is 0.308 e. The molecule has 150 valence electrons. The molecule has 1 unspecified atom stereocenters. The van der Waals surface area contributed by atoms with Gasteiger partial charge in [0.15, 0.2) is 0 Å². The minimum atomic E-state index is -1.46. The first-order valence-electron chi connectivity index (χ1n) is 8.59. The molecule has 0 bridgehead atoms. The van der Waals surface area contributed by atoms with E-state index in [1.165, 1.54) is 4.90 Å². The molecule has 2 aromatic rings. The lowest BCUT2D eigenvalue weighted by Gasteiger charge is -2.20. The standard InChI is InChI=1S/C20H16BrClN2O5/c1-24-15-7-6-11(21)10-13(15)18(12-4-2-3-5-14(12)22)23-19(20(24)28)29-17(27)9-8-16(25)26/h2-7,10,19H,8-9H2,1H3,(H,25,26). The van der Waals surface area contributed by atoms with E-state index in [1.807, 2.05) is 0 Å². The number of esters is 1. The SMILES string of the molecule is CN1C(=O)C(OC(=O)CCC(=O)O)N=C(c2ccccc2Cl)c2cc(Br)ccc21. The lowest BCUT2D eigenvalue weighted by atomic mass is 10.0. The molecule has 1 amide bonds. The van der Waals surface area contributed by atoms with Crippen LogP contribution in [0.5, 0.6) is 0 Å².